The topological polar surface area (TPSA) is 88.3 Å². The molecule has 0 aliphatic heterocycles. The Hall–Kier alpha value is -3.00. The van der Waals surface area contributed by atoms with Crippen LogP contribution in [-0.4, -0.2) is 32.3 Å². The fourth-order valence-corrected chi connectivity index (χ4v) is 4.27. The lowest BCUT2D eigenvalue weighted by molar-refractivity contribution is -0.127. The van der Waals surface area contributed by atoms with Crippen molar-refractivity contribution in [2.75, 3.05) is 0 Å². The number of nitrogens with one attached hydrogen (secondary N) is 1. The fourth-order valence-electron chi connectivity index (χ4n) is 3.84. The average Bonchev–Trinajstić information content (AvgIpc) is 3.51. The Bertz CT molecular complexity index is 981. The smallest absolute Gasteiger partial charge is 0.276 e. The van der Waals surface area contributed by atoms with Crippen molar-refractivity contribution in [2.45, 2.75) is 51.2 Å². The van der Waals surface area contributed by atoms with Crippen molar-refractivity contribution in [2.24, 2.45) is 0 Å². The number of hydrogen-bond acceptors (Lipinski definition) is 6. The first-order chi connectivity index (χ1) is 14.6. The number of benzene rings is 1. The number of aryl methyl sites for hydroxylation is 1. The van der Waals surface area contributed by atoms with Gasteiger partial charge in [0.15, 0.2) is 11.7 Å². The molecule has 0 spiro atoms. The van der Waals surface area contributed by atoms with Crippen molar-refractivity contribution in [3.63, 3.8) is 0 Å². The number of carbonyl (C=O) groups excluding carboxylic acids is 2. The Kier molecular flexibility index (Phi) is 6.23. The Morgan fingerprint density at radius 2 is 1.97 bits per heavy atom. The minimum atomic E-state index is -0.895. The second-order valence-electron chi connectivity index (χ2n) is 7.55. The van der Waals surface area contributed by atoms with Gasteiger partial charge in [0.2, 0.25) is 0 Å². The van der Waals surface area contributed by atoms with Crippen LogP contribution in [0.5, 0.6) is 0 Å². The molecule has 2 heterocycles. The van der Waals surface area contributed by atoms with Crippen LogP contribution >= 0.6 is 11.5 Å². The van der Waals surface area contributed by atoms with Gasteiger partial charge in [-0.05, 0) is 49.0 Å². The van der Waals surface area contributed by atoms with E-state index in [9.17, 15) is 9.59 Å². The van der Waals surface area contributed by atoms with E-state index in [1.165, 1.54) is 4.90 Å². The van der Waals surface area contributed by atoms with Crippen LogP contribution in [0.3, 0.4) is 0 Å². The van der Waals surface area contributed by atoms with E-state index in [1.54, 1.807) is 17.5 Å². The van der Waals surface area contributed by atoms with Crippen molar-refractivity contribution >= 4 is 23.3 Å². The van der Waals surface area contributed by atoms with E-state index in [0.717, 1.165) is 42.8 Å². The third-order valence-electron chi connectivity index (χ3n) is 5.33. The molecule has 3 aromatic rings. The summed E-state index contributed by atoms with van der Waals surface area (Å²) in [7, 11) is 0. The molecule has 1 fully saturated rings. The second-order valence-corrected chi connectivity index (χ2v) is 8.16. The van der Waals surface area contributed by atoms with E-state index in [0.29, 0.717) is 11.5 Å². The van der Waals surface area contributed by atoms with Gasteiger partial charge in [0.1, 0.15) is 11.5 Å². The Balaban J connectivity index is 1.71. The summed E-state index contributed by atoms with van der Waals surface area (Å²) in [5.74, 6) is 0.540. The SMILES string of the molecule is Cc1ccc([C@H](C(=O)NC2CCCC2)N(Cc2ccccc2)C(=O)c2csnn2)o1. The first kappa shape index (κ1) is 20.3. The van der Waals surface area contributed by atoms with E-state index >= 15 is 0 Å². The zero-order valence-electron chi connectivity index (χ0n) is 16.8. The number of aromatic nitrogens is 2. The Morgan fingerprint density at radius 3 is 2.60 bits per heavy atom. The molecule has 0 bridgehead atoms. The summed E-state index contributed by atoms with van der Waals surface area (Å²) in [5, 5.41) is 8.66. The van der Waals surface area contributed by atoms with Crippen molar-refractivity contribution in [3.05, 3.63) is 70.6 Å². The summed E-state index contributed by atoms with van der Waals surface area (Å²) in [5.41, 5.74) is 1.13. The van der Waals surface area contributed by atoms with Crippen LogP contribution in [0.15, 0.2) is 52.3 Å². The van der Waals surface area contributed by atoms with Crippen LogP contribution in [0, 0.1) is 6.92 Å². The average molecular weight is 425 g/mol. The maximum Gasteiger partial charge on any atom is 0.276 e. The number of amides is 2. The fraction of sp³-hybridized carbons (Fsp3) is 0.364. The van der Waals surface area contributed by atoms with Gasteiger partial charge in [0.25, 0.3) is 11.8 Å². The number of carbonyl (C=O) groups is 2. The number of furan rings is 1. The maximum absolute atomic E-state index is 13.4. The van der Waals surface area contributed by atoms with Gasteiger partial charge in [0, 0.05) is 18.0 Å². The van der Waals surface area contributed by atoms with E-state index in [2.05, 4.69) is 14.9 Å². The first-order valence-corrected chi connectivity index (χ1v) is 10.9. The molecule has 4 rings (SSSR count). The second kappa shape index (κ2) is 9.21. The highest BCUT2D eigenvalue weighted by molar-refractivity contribution is 7.03. The van der Waals surface area contributed by atoms with Gasteiger partial charge in [-0.3, -0.25) is 9.59 Å². The van der Waals surface area contributed by atoms with E-state index in [-0.39, 0.29) is 30.1 Å². The molecule has 0 unspecified atom stereocenters. The third kappa shape index (κ3) is 4.59. The van der Waals surface area contributed by atoms with Gasteiger partial charge in [-0.2, -0.15) is 0 Å². The standard InChI is InChI=1S/C22H24N4O3S/c1-15-11-12-19(29-15)20(21(27)23-17-9-5-6-10-17)26(13-16-7-3-2-4-8-16)22(28)18-14-30-25-24-18/h2-4,7-8,11-12,14,17,20H,5-6,9-10,13H2,1H3,(H,23,27)/t20-/m1/s1. The number of hydrogen-bond donors (Lipinski definition) is 1. The molecule has 0 radical (unpaired) electrons. The Morgan fingerprint density at radius 1 is 1.20 bits per heavy atom. The number of rotatable bonds is 7. The summed E-state index contributed by atoms with van der Waals surface area (Å²) in [6.45, 7) is 2.07. The van der Waals surface area contributed by atoms with Crippen molar-refractivity contribution in [1.82, 2.24) is 19.8 Å². The van der Waals surface area contributed by atoms with Crippen LogP contribution < -0.4 is 5.32 Å². The van der Waals surface area contributed by atoms with Crippen molar-refractivity contribution in [1.29, 1.82) is 0 Å². The monoisotopic (exact) mass is 424 g/mol. The lowest BCUT2D eigenvalue weighted by Gasteiger charge is -2.30. The zero-order chi connectivity index (χ0) is 20.9. The van der Waals surface area contributed by atoms with Crippen LogP contribution in [0.25, 0.3) is 0 Å². The molecule has 2 aromatic heterocycles. The highest BCUT2D eigenvalue weighted by Gasteiger charge is 2.36. The molecule has 156 valence electrons. The minimum absolute atomic E-state index is 0.130. The van der Waals surface area contributed by atoms with E-state index in [1.807, 2.05) is 37.3 Å². The summed E-state index contributed by atoms with van der Waals surface area (Å²) in [4.78, 5) is 28.3. The van der Waals surface area contributed by atoms with Crippen molar-refractivity contribution in [3.8, 4) is 0 Å². The highest BCUT2D eigenvalue weighted by atomic mass is 32.1. The molecule has 1 aliphatic carbocycles. The molecule has 7 nitrogen and oxygen atoms in total. The molecule has 8 heteroatoms. The summed E-state index contributed by atoms with van der Waals surface area (Å²) >= 11 is 1.11. The molecule has 2 amide bonds. The van der Waals surface area contributed by atoms with Crippen LogP contribution in [-0.2, 0) is 11.3 Å². The van der Waals surface area contributed by atoms with Gasteiger partial charge in [-0.15, -0.1) is 5.10 Å². The van der Waals surface area contributed by atoms with Gasteiger partial charge in [0.05, 0.1) is 0 Å². The van der Waals surface area contributed by atoms with E-state index < -0.39 is 6.04 Å². The molecule has 1 atom stereocenters. The lowest BCUT2D eigenvalue weighted by Crippen LogP contribution is -2.45. The number of nitrogens with zero attached hydrogens (tertiary/aromatic N) is 3. The molecule has 30 heavy (non-hydrogen) atoms. The zero-order valence-corrected chi connectivity index (χ0v) is 17.6. The molecule has 1 aromatic carbocycles. The predicted octanol–water partition coefficient (Wildman–Crippen LogP) is 3.88. The first-order valence-electron chi connectivity index (χ1n) is 10.1. The molecule has 0 saturated heterocycles. The Labute approximate surface area is 179 Å². The normalized spacial score (nSPS) is 15.1. The third-order valence-corrected chi connectivity index (χ3v) is 5.83. The van der Waals surface area contributed by atoms with Crippen LogP contribution in [0.2, 0.25) is 0 Å². The quantitative estimate of drug-likeness (QED) is 0.622. The van der Waals surface area contributed by atoms with Gasteiger partial charge >= 0.3 is 0 Å². The minimum Gasteiger partial charge on any atom is -0.464 e. The summed E-state index contributed by atoms with van der Waals surface area (Å²) in [6.07, 6.45) is 4.12. The van der Waals surface area contributed by atoms with Crippen LogP contribution in [0.1, 0.15) is 59.3 Å². The molecule has 1 N–H and O–H groups in total. The van der Waals surface area contributed by atoms with Gasteiger partial charge in [-0.1, -0.05) is 47.7 Å². The van der Waals surface area contributed by atoms with Gasteiger partial charge < -0.3 is 14.6 Å². The molecular formula is C22H24N4O3S. The van der Waals surface area contributed by atoms with Gasteiger partial charge in [-0.25, -0.2) is 0 Å². The summed E-state index contributed by atoms with van der Waals surface area (Å²) < 4.78 is 9.65. The lowest BCUT2D eigenvalue weighted by atomic mass is 10.1. The van der Waals surface area contributed by atoms with Crippen LogP contribution in [0.4, 0.5) is 0 Å². The van der Waals surface area contributed by atoms with Crippen molar-refractivity contribution < 1.29 is 14.0 Å². The molecule has 1 saturated carbocycles. The predicted molar refractivity (Wildman–Crippen MR) is 113 cm³/mol. The molecule has 1 aliphatic rings. The largest absolute Gasteiger partial charge is 0.464 e. The maximum atomic E-state index is 13.4. The molecular weight excluding hydrogens is 400 g/mol. The van der Waals surface area contributed by atoms with E-state index in [4.69, 9.17) is 4.42 Å². The highest BCUT2D eigenvalue weighted by Crippen LogP contribution is 2.28. The summed E-state index contributed by atoms with van der Waals surface area (Å²) in [6, 6.07) is 12.4.